The molecule has 0 bridgehead atoms. The maximum Gasteiger partial charge on any atom is 0.257 e. The highest BCUT2D eigenvalue weighted by Gasteiger charge is 2.18. The molecular weight excluding hydrogens is 425 g/mol. The monoisotopic (exact) mass is 447 g/mol. The van der Waals surface area contributed by atoms with Gasteiger partial charge >= 0.3 is 0 Å². The lowest BCUT2D eigenvalue weighted by molar-refractivity contribution is 0.102. The minimum absolute atomic E-state index is 0.100. The standard InChI is InChI=1S/C21H22FN3O3S2/c1-4-13(2)25-30(27,28)18-11-7-16(8-12-18)20(26)24-21-23-19(14(3)29-21)15-5-9-17(22)10-6-15/h5-13,25H,4H2,1-3H3,(H,23,24,26). The zero-order valence-corrected chi connectivity index (χ0v) is 18.4. The van der Waals surface area contributed by atoms with E-state index in [0.29, 0.717) is 22.8 Å². The van der Waals surface area contributed by atoms with E-state index in [0.717, 1.165) is 10.4 Å². The summed E-state index contributed by atoms with van der Waals surface area (Å²) in [7, 11) is -3.63. The lowest BCUT2D eigenvalue weighted by Gasteiger charge is -2.12. The number of carbonyl (C=O) groups excluding carboxylic acids is 1. The van der Waals surface area contributed by atoms with E-state index < -0.39 is 15.9 Å². The van der Waals surface area contributed by atoms with Gasteiger partial charge < -0.3 is 0 Å². The Bertz CT molecular complexity index is 1140. The quantitative estimate of drug-likeness (QED) is 0.555. The number of amides is 1. The van der Waals surface area contributed by atoms with E-state index in [1.165, 1.54) is 47.7 Å². The fourth-order valence-electron chi connectivity index (χ4n) is 2.70. The molecule has 0 aliphatic heterocycles. The number of aromatic nitrogens is 1. The molecule has 158 valence electrons. The molecule has 1 atom stereocenters. The molecule has 0 spiro atoms. The molecule has 0 fully saturated rings. The number of nitrogens with zero attached hydrogens (tertiary/aromatic N) is 1. The third-order valence-electron chi connectivity index (χ3n) is 4.53. The second-order valence-electron chi connectivity index (χ2n) is 6.84. The van der Waals surface area contributed by atoms with Crippen LogP contribution in [0, 0.1) is 12.7 Å². The van der Waals surface area contributed by atoms with Gasteiger partial charge in [-0.05, 0) is 68.8 Å². The largest absolute Gasteiger partial charge is 0.298 e. The second-order valence-corrected chi connectivity index (χ2v) is 9.76. The summed E-state index contributed by atoms with van der Waals surface area (Å²) >= 11 is 1.31. The van der Waals surface area contributed by atoms with Gasteiger partial charge in [-0.15, -0.1) is 11.3 Å². The van der Waals surface area contributed by atoms with Crippen LogP contribution in [0.25, 0.3) is 11.3 Å². The predicted octanol–water partition coefficient (Wildman–Crippen LogP) is 4.59. The van der Waals surface area contributed by atoms with Gasteiger partial charge in [0.25, 0.3) is 5.91 Å². The molecule has 9 heteroatoms. The normalized spacial score (nSPS) is 12.5. The van der Waals surface area contributed by atoms with Gasteiger partial charge in [0.05, 0.1) is 10.6 Å². The van der Waals surface area contributed by atoms with Crippen LogP contribution in [-0.2, 0) is 10.0 Å². The van der Waals surface area contributed by atoms with E-state index in [4.69, 9.17) is 0 Å². The van der Waals surface area contributed by atoms with Gasteiger partial charge in [-0.3, -0.25) is 10.1 Å². The van der Waals surface area contributed by atoms with Crippen molar-refractivity contribution in [3.8, 4) is 11.3 Å². The van der Waals surface area contributed by atoms with Crippen LogP contribution in [0.5, 0.6) is 0 Å². The van der Waals surface area contributed by atoms with Crippen LogP contribution >= 0.6 is 11.3 Å². The Labute approximate surface area is 179 Å². The SMILES string of the molecule is CCC(C)NS(=O)(=O)c1ccc(C(=O)Nc2nc(-c3ccc(F)cc3)c(C)s2)cc1. The van der Waals surface area contributed by atoms with Crippen LogP contribution in [0.15, 0.2) is 53.4 Å². The molecule has 0 aliphatic rings. The molecule has 3 rings (SSSR count). The van der Waals surface area contributed by atoms with Crippen molar-refractivity contribution in [1.82, 2.24) is 9.71 Å². The Hall–Kier alpha value is -2.62. The van der Waals surface area contributed by atoms with Crippen molar-refractivity contribution in [2.24, 2.45) is 0 Å². The van der Waals surface area contributed by atoms with E-state index in [-0.39, 0.29) is 16.8 Å². The van der Waals surface area contributed by atoms with Gasteiger partial charge in [-0.1, -0.05) is 6.92 Å². The Balaban J connectivity index is 1.74. The lowest BCUT2D eigenvalue weighted by atomic mass is 10.1. The minimum Gasteiger partial charge on any atom is -0.298 e. The molecule has 0 saturated heterocycles. The molecule has 1 heterocycles. The smallest absolute Gasteiger partial charge is 0.257 e. The molecule has 30 heavy (non-hydrogen) atoms. The van der Waals surface area contributed by atoms with Gasteiger partial charge in [-0.25, -0.2) is 22.5 Å². The summed E-state index contributed by atoms with van der Waals surface area (Å²) in [6, 6.07) is 11.5. The number of thiazole rings is 1. The van der Waals surface area contributed by atoms with Gasteiger partial charge in [-0.2, -0.15) is 0 Å². The molecule has 1 aromatic heterocycles. The number of hydrogen-bond donors (Lipinski definition) is 2. The first-order chi connectivity index (χ1) is 14.2. The highest BCUT2D eigenvalue weighted by atomic mass is 32.2. The van der Waals surface area contributed by atoms with E-state index in [9.17, 15) is 17.6 Å². The number of carbonyl (C=O) groups is 1. The van der Waals surface area contributed by atoms with Crippen molar-refractivity contribution in [2.45, 2.75) is 38.1 Å². The Morgan fingerprint density at radius 2 is 1.77 bits per heavy atom. The van der Waals surface area contributed by atoms with Crippen molar-refractivity contribution >= 4 is 32.4 Å². The molecule has 0 saturated carbocycles. The van der Waals surface area contributed by atoms with E-state index in [1.54, 1.807) is 19.1 Å². The zero-order valence-electron chi connectivity index (χ0n) is 16.8. The molecule has 1 amide bonds. The number of nitrogens with one attached hydrogen (secondary N) is 2. The lowest BCUT2D eigenvalue weighted by Crippen LogP contribution is -2.32. The molecule has 6 nitrogen and oxygen atoms in total. The first-order valence-corrected chi connectivity index (χ1v) is 11.7. The topological polar surface area (TPSA) is 88.2 Å². The van der Waals surface area contributed by atoms with Crippen molar-refractivity contribution < 1.29 is 17.6 Å². The zero-order chi connectivity index (χ0) is 21.9. The minimum atomic E-state index is -3.63. The average molecular weight is 448 g/mol. The van der Waals surface area contributed by atoms with Crippen molar-refractivity contribution in [2.75, 3.05) is 5.32 Å². The maximum absolute atomic E-state index is 13.1. The number of sulfonamides is 1. The van der Waals surface area contributed by atoms with Crippen LogP contribution in [0.4, 0.5) is 9.52 Å². The highest BCUT2D eigenvalue weighted by molar-refractivity contribution is 7.89. The van der Waals surface area contributed by atoms with Gasteiger partial charge in [0.1, 0.15) is 5.82 Å². The molecular formula is C21H22FN3O3S2. The summed E-state index contributed by atoms with van der Waals surface area (Å²) in [4.78, 5) is 18.0. The molecule has 2 N–H and O–H groups in total. The summed E-state index contributed by atoms with van der Waals surface area (Å²) in [5, 5.41) is 3.14. The summed E-state index contributed by atoms with van der Waals surface area (Å²) in [5.41, 5.74) is 1.75. The second kappa shape index (κ2) is 9.03. The van der Waals surface area contributed by atoms with Crippen LogP contribution in [0.3, 0.4) is 0 Å². The number of anilines is 1. The average Bonchev–Trinajstić information content (AvgIpc) is 3.08. The number of benzene rings is 2. The van der Waals surface area contributed by atoms with E-state index in [2.05, 4.69) is 15.0 Å². The van der Waals surface area contributed by atoms with E-state index >= 15 is 0 Å². The first-order valence-electron chi connectivity index (χ1n) is 9.36. The number of aryl methyl sites for hydroxylation is 1. The summed E-state index contributed by atoms with van der Waals surface area (Å²) in [5.74, 6) is -0.724. The maximum atomic E-state index is 13.1. The van der Waals surface area contributed by atoms with E-state index in [1.807, 2.05) is 13.8 Å². The molecule has 0 aliphatic carbocycles. The van der Waals surface area contributed by atoms with Crippen LogP contribution in [0.1, 0.15) is 35.5 Å². The number of hydrogen-bond acceptors (Lipinski definition) is 5. The number of rotatable bonds is 7. The molecule has 0 radical (unpaired) electrons. The predicted molar refractivity (Wildman–Crippen MR) is 117 cm³/mol. The van der Waals surface area contributed by atoms with Crippen LogP contribution in [-0.4, -0.2) is 25.4 Å². The van der Waals surface area contributed by atoms with Gasteiger partial charge in [0, 0.05) is 22.0 Å². The van der Waals surface area contributed by atoms with Crippen LogP contribution in [0.2, 0.25) is 0 Å². The fraction of sp³-hybridized carbons (Fsp3) is 0.238. The van der Waals surface area contributed by atoms with Crippen molar-refractivity contribution in [1.29, 1.82) is 0 Å². The molecule has 2 aromatic carbocycles. The third-order valence-corrected chi connectivity index (χ3v) is 7.02. The molecule has 3 aromatic rings. The number of halogens is 1. The third kappa shape index (κ3) is 5.10. The van der Waals surface area contributed by atoms with Crippen molar-refractivity contribution in [3.05, 3.63) is 64.8 Å². The Kier molecular flexibility index (Phi) is 6.64. The highest BCUT2D eigenvalue weighted by Crippen LogP contribution is 2.30. The van der Waals surface area contributed by atoms with Crippen LogP contribution < -0.4 is 10.0 Å². The summed E-state index contributed by atoms with van der Waals surface area (Å²) < 4.78 is 40.4. The summed E-state index contributed by atoms with van der Waals surface area (Å²) in [6.07, 6.45) is 0.673. The summed E-state index contributed by atoms with van der Waals surface area (Å²) in [6.45, 7) is 5.55. The first kappa shape index (κ1) is 22.1. The Morgan fingerprint density at radius 1 is 1.13 bits per heavy atom. The fourth-order valence-corrected chi connectivity index (χ4v) is 4.85. The van der Waals surface area contributed by atoms with Gasteiger partial charge in [0.15, 0.2) is 5.13 Å². The molecule has 1 unspecified atom stereocenters. The van der Waals surface area contributed by atoms with Gasteiger partial charge in [0.2, 0.25) is 10.0 Å². The van der Waals surface area contributed by atoms with Crippen molar-refractivity contribution in [3.63, 3.8) is 0 Å². The Morgan fingerprint density at radius 3 is 2.37 bits per heavy atom.